The highest BCUT2D eigenvalue weighted by Crippen LogP contribution is 2.61. The van der Waals surface area contributed by atoms with E-state index in [9.17, 15) is 13.0 Å². The topological polar surface area (TPSA) is 82.1 Å². The fourth-order valence-electron chi connectivity index (χ4n) is 6.93. The van der Waals surface area contributed by atoms with Crippen LogP contribution in [-0.2, 0) is 14.2 Å². The van der Waals surface area contributed by atoms with Gasteiger partial charge in [-0.25, -0.2) is 0 Å². The van der Waals surface area contributed by atoms with Gasteiger partial charge >= 0.3 is 0 Å². The first-order valence-corrected chi connectivity index (χ1v) is 17.0. The van der Waals surface area contributed by atoms with Crippen LogP contribution in [0.25, 0.3) is 6.08 Å². The Morgan fingerprint density at radius 1 is 1.07 bits per heavy atom. The number of ether oxygens (including phenoxy) is 3. The third kappa shape index (κ3) is 4.94. The van der Waals surface area contributed by atoms with E-state index in [-0.39, 0.29) is 27.4 Å². The first kappa shape index (κ1) is 30.2. The molecule has 0 saturated carbocycles. The van der Waals surface area contributed by atoms with Crippen molar-refractivity contribution >= 4 is 33.1 Å². The fourth-order valence-corrected chi connectivity index (χ4v) is 8.63. The molecule has 1 aromatic rings. The Balaban J connectivity index is 1.85. The first-order valence-electron chi connectivity index (χ1n) is 14.6. The van der Waals surface area contributed by atoms with Crippen LogP contribution < -0.4 is 9.47 Å². The van der Waals surface area contributed by atoms with Gasteiger partial charge in [0.1, 0.15) is 55.2 Å². The molecule has 1 aromatic carbocycles. The number of rotatable bonds is 6. The van der Waals surface area contributed by atoms with Crippen LogP contribution in [0.2, 0.25) is 0 Å². The van der Waals surface area contributed by atoms with Crippen LogP contribution in [0, 0.1) is 5.92 Å². The van der Waals surface area contributed by atoms with Crippen LogP contribution >= 0.6 is 21.2 Å². The molecular formula is C34H43IO6. The van der Waals surface area contributed by atoms with Gasteiger partial charge in [-0.2, -0.15) is 0 Å². The van der Waals surface area contributed by atoms with E-state index in [2.05, 4.69) is 39.8 Å². The predicted octanol–water partition coefficient (Wildman–Crippen LogP) is 8.35. The molecule has 3 heterocycles. The third-order valence-corrected chi connectivity index (χ3v) is 10.5. The highest BCUT2D eigenvalue weighted by molar-refractivity contribution is 14.1. The zero-order valence-electron chi connectivity index (χ0n) is 25.6. The molecule has 3 atom stereocenters. The molecule has 1 saturated heterocycles. The van der Waals surface area contributed by atoms with E-state index in [4.69, 9.17) is 14.2 Å². The lowest BCUT2D eigenvalue weighted by molar-refractivity contribution is -0.162. The smallest absolute Gasteiger partial charge is 0.200 e. The van der Waals surface area contributed by atoms with E-state index in [1.54, 1.807) is 0 Å². The van der Waals surface area contributed by atoms with Crippen LogP contribution in [0.5, 0.6) is 17.2 Å². The summed E-state index contributed by atoms with van der Waals surface area (Å²) in [4.78, 5) is 14.7. The number of carbonyl (C=O) groups is 1. The third-order valence-electron chi connectivity index (χ3n) is 9.13. The molecule has 4 aliphatic rings. The molecule has 7 heteroatoms. The maximum atomic E-state index is 14.7. The minimum Gasteiger partial charge on any atom is -0.506 e. The monoisotopic (exact) mass is 674 g/mol. The lowest BCUT2D eigenvalue weighted by Gasteiger charge is -2.51. The number of halogens is 1. The number of phenols is 1. The first-order chi connectivity index (χ1) is 19.2. The van der Waals surface area contributed by atoms with Gasteiger partial charge in [0, 0.05) is 11.1 Å². The molecular weight excluding hydrogens is 631 g/mol. The Labute approximate surface area is 254 Å². The van der Waals surface area contributed by atoms with Crippen molar-refractivity contribution in [2.24, 2.45) is 5.92 Å². The number of hydrogen-bond donors (Lipinski definition) is 1. The van der Waals surface area contributed by atoms with Crippen molar-refractivity contribution in [3.05, 3.63) is 57.7 Å². The Kier molecular flexibility index (Phi) is 7.72. The molecule has 2 bridgehead atoms. The maximum absolute atomic E-state index is 14.7. The van der Waals surface area contributed by atoms with Crippen molar-refractivity contribution in [1.82, 2.24) is 0 Å². The van der Waals surface area contributed by atoms with Crippen LogP contribution in [0.3, 0.4) is 0 Å². The molecule has 41 heavy (non-hydrogen) atoms. The average Bonchev–Trinajstić information content (AvgIpc) is 3.14. The number of alkyl halides is 1. The number of phenolic OH excluding ortho intramolecular Hbond substituents is 1. The predicted molar refractivity (Wildman–Crippen MR) is 170 cm³/mol. The zero-order chi connectivity index (χ0) is 30.0. The molecule has 0 radical (unpaired) electrons. The minimum atomic E-state index is -1.56. The van der Waals surface area contributed by atoms with E-state index < -0.39 is 43.6 Å². The molecule has 6 nitrogen and oxygen atoms in total. The molecule has 222 valence electrons. The summed E-state index contributed by atoms with van der Waals surface area (Å²) in [7, 11) is 0. The van der Waals surface area contributed by atoms with Crippen molar-refractivity contribution in [2.45, 2.75) is 110 Å². The summed E-state index contributed by atoms with van der Waals surface area (Å²) in [6, 6.07) is 0. The Morgan fingerprint density at radius 2 is 1.78 bits per heavy atom. The SMILES string of the molecule is CC(C)=CCc1c2c(c(O)c3c1O[C@@]1(CI=O)C(=CCCC4C[C@]1(CC=C(C)C)OC4(C)C)C3=O)C=CC(C)(C)O2. The summed E-state index contributed by atoms with van der Waals surface area (Å²) in [5.74, 6) is 0.692. The Bertz CT molecular complexity index is 1420. The van der Waals surface area contributed by atoms with Crippen molar-refractivity contribution in [1.29, 1.82) is 0 Å². The highest BCUT2D eigenvalue weighted by atomic mass is 127. The lowest BCUT2D eigenvalue weighted by Crippen LogP contribution is -2.64. The molecule has 1 unspecified atom stereocenters. The van der Waals surface area contributed by atoms with Gasteiger partial charge in [0.05, 0.1) is 15.6 Å². The van der Waals surface area contributed by atoms with Gasteiger partial charge in [-0.05, 0) is 106 Å². The van der Waals surface area contributed by atoms with E-state index in [0.717, 1.165) is 23.1 Å². The molecule has 1 aliphatic carbocycles. The van der Waals surface area contributed by atoms with Gasteiger partial charge in [0.25, 0.3) is 0 Å². The molecule has 0 aromatic heterocycles. The van der Waals surface area contributed by atoms with E-state index in [1.807, 2.05) is 45.9 Å². The van der Waals surface area contributed by atoms with E-state index in [1.165, 1.54) is 0 Å². The summed E-state index contributed by atoms with van der Waals surface area (Å²) in [5, 5.41) is 11.6. The molecule has 1 fully saturated rings. The number of aromatic hydroxyl groups is 1. The van der Waals surface area contributed by atoms with Crippen molar-refractivity contribution in [2.75, 3.05) is 4.43 Å². The van der Waals surface area contributed by atoms with Gasteiger partial charge in [-0.1, -0.05) is 29.4 Å². The maximum Gasteiger partial charge on any atom is 0.200 e. The molecule has 0 amide bonds. The van der Waals surface area contributed by atoms with Crippen LogP contribution in [0.15, 0.2) is 41.0 Å². The summed E-state index contributed by atoms with van der Waals surface area (Å²) < 4.78 is 33.7. The quantitative estimate of drug-likeness (QED) is 0.186. The van der Waals surface area contributed by atoms with Crippen molar-refractivity contribution in [3.63, 3.8) is 0 Å². The molecule has 3 aliphatic heterocycles. The largest absolute Gasteiger partial charge is 0.506 e. The fraction of sp³-hybridized carbons (Fsp3) is 0.559. The Hall–Kier alpha value is -2.26. The molecule has 1 N–H and O–H groups in total. The number of benzene rings is 1. The standard InChI is InChI=1S/C34H43IO6/c1-20(2)12-13-24-29-23(15-16-31(5,6)39-29)27(36)26-28(37)25-11-9-10-22-18-33(17-14-21(3)4,41-32(22,7)8)34(25,19-35-38)40-30(24)26/h11-12,14-16,22,36H,9-10,13,17-19H2,1-8H3/t22?,33-,34-/m0/s1. The summed E-state index contributed by atoms with van der Waals surface area (Å²) >= 11 is -1.56. The Morgan fingerprint density at radius 3 is 2.44 bits per heavy atom. The van der Waals surface area contributed by atoms with E-state index in [0.29, 0.717) is 48.3 Å². The number of ketones is 1. The normalized spacial score (nSPS) is 28.5. The second-order valence-corrected chi connectivity index (χ2v) is 15.0. The van der Waals surface area contributed by atoms with Gasteiger partial charge in [-0.15, -0.1) is 0 Å². The molecule has 5 rings (SSSR count). The molecule has 0 spiro atoms. The average molecular weight is 675 g/mol. The minimum absolute atomic E-state index is 0.134. The van der Waals surface area contributed by atoms with Crippen molar-refractivity contribution in [3.8, 4) is 17.2 Å². The number of allylic oxidation sites excluding steroid dienone is 4. The van der Waals surface area contributed by atoms with Gasteiger partial charge < -0.3 is 19.3 Å². The number of hydrogen-bond acceptors (Lipinski definition) is 6. The summed E-state index contributed by atoms with van der Waals surface area (Å²) in [6.45, 7) is 16.3. The second kappa shape index (κ2) is 10.5. The summed E-state index contributed by atoms with van der Waals surface area (Å²) in [5.41, 5.74) is 0.877. The summed E-state index contributed by atoms with van der Waals surface area (Å²) in [6.07, 6.45) is 13.2. The second-order valence-electron chi connectivity index (χ2n) is 13.6. The highest BCUT2D eigenvalue weighted by Gasteiger charge is 2.67. The van der Waals surface area contributed by atoms with Crippen molar-refractivity contribution < 1.29 is 27.2 Å². The van der Waals surface area contributed by atoms with Gasteiger partial charge in [-0.3, -0.25) is 7.86 Å². The number of Topliss-reactive ketones (excluding diaryl/α,β-unsaturated/α-hetero) is 1. The number of fused-ring (bicyclic) bond motifs is 6. The number of carbonyl (C=O) groups excluding carboxylic acids is 1. The van der Waals surface area contributed by atoms with Crippen LogP contribution in [0.1, 0.15) is 103 Å². The van der Waals surface area contributed by atoms with Crippen LogP contribution in [-0.4, -0.2) is 37.7 Å². The van der Waals surface area contributed by atoms with E-state index >= 15 is 0 Å². The van der Waals surface area contributed by atoms with Gasteiger partial charge in [0.15, 0.2) is 11.4 Å². The zero-order valence-corrected chi connectivity index (χ0v) is 27.7. The van der Waals surface area contributed by atoms with Crippen LogP contribution in [0.4, 0.5) is 0 Å². The lowest BCUT2D eigenvalue weighted by atomic mass is 9.66. The van der Waals surface area contributed by atoms with Gasteiger partial charge in [0.2, 0.25) is 0 Å².